The monoisotopic (exact) mass is 245 g/mol. The summed E-state index contributed by atoms with van der Waals surface area (Å²) in [6.45, 7) is 0.939. The maximum absolute atomic E-state index is 12.7. The van der Waals surface area contributed by atoms with Gasteiger partial charge in [0.15, 0.2) is 0 Å². The summed E-state index contributed by atoms with van der Waals surface area (Å²) in [5.41, 5.74) is -1.43. The second kappa shape index (κ2) is 4.18. The smallest absolute Gasteiger partial charge is 0.387 e. The minimum absolute atomic E-state index is 0.364. The molecule has 0 aliphatic rings. The van der Waals surface area contributed by atoms with E-state index in [2.05, 4.69) is 9.72 Å². The van der Waals surface area contributed by atoms with Crippen molar-refractivity contribution in [3.8, 4) is 5.88 Å². The number of pyridine rings is 1. The second-order valence-corrected chi connectivity index (χ2v) is 2.81. The fourth-order valence-corrected chi connectivity index (χ4v) is 1.01. The first-order valence-corrected chi connectivity index (χ1v) is 3.91. The molecule has 1 rings (SSSR count). The van der Waals surface area contributed by atoms with Crippen LogP contribution in [0.3, 0.4) is 0 Å². The van der Waals surface area contributed by atoms with E-state index in [4.69, 9.17) is 0 Å². The zero-order valence-electron chi connectivity index (χ0n) is 7.78. The molecule has 0 aliphatic carbocycles. The molecule has 1 aromatic heterocycles. The van der Waals surface area contributed by atoms with Gasteiger partial charge < -0.3 is 4.74 Å². The molecule has 0 saturated heterocycles. The number of rotatable bonds is 2. The lowest BCUT2D eigenvalue weighted by Gasteiger charge is -2.12. The molecule has 1 heterocycles. The van der Waals surface area contributed by atoms with Crippen LogP contribution >= 0.6 is 0 Å². The van der Waals surface area contributed by atoms with Gasteiger partial charge in [-0.15, -0.1) is 13.2 Å². The SMILES string of the molecule is Cc1c(C(F)F)cc(F)nc1OC(F)(F)F. The Morgan fingerprint density at radius 1 is 1.31 bits per heavy atom. The van der Waals surface area contributed by atoms with Crippen LogP contribution in [-0.2, 0) is 0 Å². The van der Waals surface area contributed by atoms with Gasteiger partial charge in [-0.1, -0.05) is 0 Å². The molecule has 8 heteroatoms. The van der Waals surface area contributed by atoms with Crippen molar-refractivity contribution in [1.82, 2.24) is 4.98 Å². The molecule has 0 N–H and O–H groups in total. The van der Waals surface area contributed by atoms with Crippen LogP contribution in [0.1, 0.15) is 17.6 Å². The molecular formula is C8H5F6NO. The predicted octanol–water partition coefficient (Wildman–Crippen LogP) is 3.37. The number of alkyl halides is 5. The van der Waals surface area contributed by atoms with Gasteiger partial charge in [0.1, 0.15) is 0 Å². The summed E-state index contributed by atoms with van der Waals surface area (Å²) in [4.78, 5) is 2.76. The lowest BCUT2D eigenvalue weighted by molar-refractivity contribution is -0.276. The zero-order chi connectivity index (χ0) is 12.5. The second-order valence-electron chi connectivity index (χ2n) is 2.81. The highest BCUT2D eigenvalue weighted by atomic mass is 19.4. The predicted molar refractivity (Wildman–Crippen MR) is 40.6 cm³/mol. The number of hydrogen-bond donors (Lipinski definition) is 0. The molecule has 0 bridgehead atoms. The third-order valence-corrected chi connectivity index (χ3v) is 1.68. The number of halogens is 6. The van der Waals surface area contributed by atoms with Crippen molar-refractivity contribution in [2.24, 2.45) is 0 Å². The summed E-state index contributed by atoms with van der Waals surface area (Å²) in [5, 5.41) is 0. The number of aromatic nitrogens is 1. The van der Waals surface area contributed by atoms with E-state index in [0.29, 0.717) is 6.07 Å². The molecule has 0 amide bonds. The summed E-state index contributed by atoms with van der Waals surface area (Å²) in [5.74, 6) is -2.66. The highest BCUT2D eigenvalue weighted by molar-refractivity contribution is 5.34. The minimum atomic E-state index is -5.11. The van der Waals surface area contributed by atoms with Crippen molar-refractivity contribution in [1.29, 1.82) is 0 Å². The molecule has 0 fully saturated rings. The van der Waals surface area contributed by atoms with E-state index in [1.807, 2.05) is 0 Å². The minimum Gasteiger partial charge on any atom is -0.387 e. The number of nitrogens with zero attached hydrogens (tertiary/aromatic N) is 1. The normalized spacial score (nSPS) is 12.0. The van der Waals surface area contributed by atoms with E-state index in [9.17, 15) is 26.3 Å². The van der Waals surface area contributed by atoms with E-state index in [1.54, 1.807) is 0 Å². The Balaban J connectivity index is 3.19. The zero-order valence-corrected chi connectivity index (χ0v) is 7.78. The first-order valence-electron chi connectivity index (χ1n) is 3.91. The van der Waals surface area contributed by atoms with Crippen LogP contribution in [0.5, 0.6) is 5.88 Å². The van der Waals surface area contributed by atoms with E-state index < -0.39 is 35.7 Å². The van der Waals surface area contributed by atoms with Crippen LogP contribution in [0.25, 0.3) is 0 Å². The molecule has 16 heavy (non-hydrogen) atoms. The Kier molecular flexibility index (Phi) is 3.30. The van der Waals surface area contributed by atoms with Gasteiger partial charge in [-0.05, 0) is 6.92 Å². The molecule has 1 aromatic rings. The molecule has 0 radical (unpaired) electrons. The Bertz CT molecular complexity index is 389. The Hall–Kier alpha value is -1.47. The number of ether oxygens (including phenoxy) is 1. The highest BCUT2D eigenvalue weighted by Crippen LogP contribution is 2.31. The maximum atomic E-state index is 12.7. The average Bonchev–Trinajstić information content (AvgIpc) is 2.07. The topological polar surface area (TPSA) is 22.1 Å². The summed E-state index contributed by atoms with van der Waals surface area (Å²) in [6.07, 6.45) is -8.21. The molecular weight excluding hydrogens is 240 g/mol. The Labute approximate surface area is 85.9 Å². The van der Waals surface area contributed by atoms with Crippen molar-refractivity contribution in [2.75, 3.05) is 0 Å². The van der Waals surface area contributed by atoms with Crippen LogP contribution in [0.2, 0.25) is 0 Å². The van der Waals surface area contributed by atoms with Crippen molar-refractivity contribution in [3.05, 3.63) is 23.1 Å². The van der Waals surface area contributed by atoms with Gasteiger partial charge in [-0.2, -0.15) is 9.37 Å². The van der Waals surface area contributed by atoms with Gasteiger partial charge in [0.05, 0.1) is 0 Å². The van der Waals surface area contributed by atoms with Gasteiger partial charge in [0.2, 0.25) is 11.8 Å². The lowest BCUT2D eigenvalue weighted by atomic mass is 10.1. The van der Waals surface area contributed by atoms with Crippen LogP contribution in [0, 0.1) is 12.9 Å². The van der Waals surface area contributed by atoms with Crippen molar-refractivity contribution < 1.29 is 31.1 Å². The van der Waals surface area contributed by atoms with Gasteiger partial charge in [0, 0.05) is 17.2 Å². The molecule has 0 aliphatic heterocycles. The van der Waals surface area contributed by atoms with E-state index in [-0.39, 0.29) is 0 Å². The molecule has 0 atom stereocenters. The van der Waals surface area contributed by atoms with Crippen molar-refractivity contribution in [2.45, 2.75) is 19.7 Å². The quantitative estimate of drug-likeness (QED) is 0.588. The van der Waals surface area contributed by atoms with Crippen LogP contribution in [0.4, 0.5) is 26.3 Å². The third kappa shape index (κ3) is 3.01. The highest BCUT2D eigenvalue weighted by Gasteiger charge is 2.33. The fourth-order valence-electron chi connectivity index (χ4n) is 1.01. The summed E-state index contributed by atoms with van der Waals surface area (Å²) in [7, 11) is 0. The van der Waals surface area contributed by atoms with E-state index in [0.717, 1.165) is 6.92 Å². The van der Waals surface area contributed by atoms with Crippen LogP contribution in [0.15, 0.2) is 6.07 Å². The summed E-state index contributed by atoms with van der Waals surface area (Å²) in [6, 6.07) is 0.364. The first-order chi connectivity index (χ1) is 7.20. The maximum Gasteiger partial charge on any atom is 0.574 e. The van der Waals surface area contributed by atoms with Gasteiger partial charge >= 0.3 is 6.36 Å². The molecule has 0 spiro atoms. The molecule has 90 valence electrons. The molecule has 0 unspecified atom stereocenters. The Morgan fingerprint density at radius 2 is 1.88 bits per heavy atom. The van der Waals surface area contributed by atoms with Crippen molar-refractivity contribution >= 4 is 0 Å². The molecule has 2 nitrogen and oxygen atoms in total. The van der Waals surface area contributed by atoms with Gasteiger partial charge in [0.25, 0.3) is 6.43 Å². The largest absolute Gasteiger partial charge is 0.574 e. The summed E-state index contributed by atoms with van der Waals surface area (Å²) >= 11 is 0. The van der Waals surface area contributed by atoms with Crippen molar-refractivity contribution in [3.63, 3.8) is 0 Å². The Morgan fingerprint density at radius 3 is 2.31 bits per heavy atom. The third-order valence-electron chi connectivity index (χ3n) is 1.68. The lowest BCUT2D eigenvalue weighted by Crippen LogP contribution is -2.19. The first kappa shape index (κ1) is 12.6. The summed E-state index contributed by atoms with van der Waals surface area (Å²) < 4.78 is 76.0. The van der Waals surface area contributed by atoms with E-state index >= 15 is 0 Å². The molecule has 0 aromatic carbocycles. The van der Waals surface area contributed by atoms with Crippen LogP contribution in [-0.4, -0.2) is 11.3 Å². The average molecular weight is 245 g/mol. The van der Waals surface area contributed by atoms with E-state index in [1.165, 1.54) is 0 Å². The standard InChI is InChI=1S/C8H5F6NO/c1-3-4(6(10)11)2-5(9)15-7(3)16-8(12,13)14/h2,6H,1H3. The van der Waals surface area contributed by atoms with Gasteiger partial charge in [-0.3, -0.25) is 0 Å². The van der Waals surface area contributed by atoms with Crippen LogP contribution < -0.4 is 4.74 Å². The molecule has 0 saturated carbocycles. The van der Waals surface area contributed by atoms with Gasteiger partial charge in [-0.25, -0.2) is 8.78 Å². The fraction of sp³-hybridized carbons (Fsp3) is 0.375. The number of hydrogen-bond acceptors (Lipinski definition) is 2.